The third-order valence-corrected chi connectivity index (χ3v) is 6.21. The van der Waals surface area contributed by atoms with Crippen molar-refractivity contribution >= 4 is 6.09 Å². The molecule has 172 valence electrons. The molecule has 2 saturated heterocycles. The normalized spacial score (nSPS) is 24.7. The zero-order valence-electron chi connectivity index (χ0n) is 19.2. The van der Waals surface area contributed by atoms with Gasteiger partial charge in [-0.25, -0.2) is 4.79 Å². The van der Waals surface area contributed by atoms with Crippen LogP contribution in [0, 0.1) is 0 Å². The van der Waals surface area contributed by atoms with Gasteiger partial charge in [0.05, 0.1) is 17.4 Å². The molecule has 4 rings (SSSR count). The topological polar surface area (TPSA) is 91.9 Å². The van der Waals surface area contributed by atoms with Crippen molar-refractivity contribution in [2.45, 2.75) is 64.3 Å². The van der Waals surface area contributed by atoms with E-state index >= 15 is 0 Å². The number of fused-ring (bicyclic) bond motifs is 1. The van der Waals surface area contributed by atoms with Crippen LogP contribution in [0.2, 0.25) is 0 Å². The predicted octanol–water partition coefficient (Wildman–Crippen LogP) is 1.48. The Labute approximate surface area is 184 Å². The smallest absolute Gasteiger partial charge is 0.410 e. The highest BCUT2D eigenvalue weighted by Gasteiger charge is 2.35. The van der Waals surface area contributed by atoms with Crippen molar-refractivity contribution in [3.8, 4) is 6.01 Å². The van der Waals surface area contributed by atoms with Crippen molar-refractivity contribution in [1.82, 2.24) is 30.4 Å². The third kappa shape index (κ3) is 5.27. The fourth-order valence-corrected chi connectivity index (χ4v) is 4.55. The second-order valence-electron chi connectivity index (χ2n) is 9.72. The summed E-state index contributed by atoms with van der Waals surface area (Å²) in [5.74, 6) is 0. The molecule has 2 fully saturated rings. The van der Waals surface area contributed by atoms with E-state index in [9.17, 15) is 4.79 Å². The molecule has 1 unspecified atom stereocenters. The Bertz CT molecular complexity index is 796. The first kappa shape index (κ1) is 22.2. The van der Waals surface area contributed by atoms with Gasteiger partial charge in [0.2, 0.25) is 0 Å². The standard InChI is InChI=1S/C22H36N6O3/c1-22(2,3)31-21(29)28-11-9-24-13-18(28)19-16-7-8-23-12-17(16)25-20(26-19)30-14-15-6-5-10-27(15)4/h15,18,23-24H,5-14H2,1-4H3/t15-,18?/m0/s1. The maximum atomic E-state index is 13.0. The highest BCUT2D eigenvalue weighted by Crippen LogP contribution is 2.30. The number of carbonyl (C=O) groups excluding carboxylic acids is 1. The SMILES string of the molecule is CN1CCC[C@H]1COc1nc2c(c(C3CNCCN3C(=O)OC(C)(C)C)n1)CCNC2. The number of rotatable bonds is 4. The Morgan fingerprint density at radius 3 is 2.77 bits per heavy atom. The highest BCUT2D eigenvalue weighted by atomic mass is 16.6. The van der Waals surface area contributed by atoms with Crippen LogP contribution in [0.1, 0.15) is 56.6 Å². The largest absolute Gasteiger partial charge is 0.462 e. The number of likely N-dealkylation sites (N-methyl/N-ethyl adjacent to an activating group) is 1. The lowest BCUT2D eigenvalue weighted by Crippen LogP contribution is -2.51. The molecule has 0 saturated carbocycles. The van der Waals surface area contributed by atoms with Gasteiger partial charge in [-0.05, 0) is 60.2 Å². The van der Waals surface area contributed by atoms with Crippen molar-refractivity contribution in [1.29, 1.82) is 0 Å². The van der Waals surface area contributed by atoms with Crippen molar-refractivity contribution in [2.75, 3.05) is 46.4 Å². The van der Waals surface area contributed by atoms with E-state index in [1.165, 1.54) is 6.42 Å². The van der Waals surface area contributed by atoms with Crippen LogP contribution in [0.4, 0.5) is 4.79 Å². The van der Waals surface area contributed by atoms with Crippen molar-refractivity contribution < 1.29 is 14.3 Å². The molecule has 4 heterocycles. The van der Waals surface area contributed by atoms with Gasteiger partial charge in [0.15, 0.2) is 0 Å². The fourth-order valence-electron chi connectivity index (χ4n) is 4.55. The van der Waals surface area contributed by atoms with Crippen LogP contribution in [0.3, 0.4) is 0 Å². The number of nitrogens with one attached hydrogen (secondary N) is 2. The van der Waals surface area contributed by atoms with E-state index in [1.54, 1.807) is 4.90 Å². The maximum absolute atomic E-state index is 13.0. The molecule has 0 bridgehead atoms. The predicted molar refractivity (Wildman–Crippen MR) is 117 cm³/mol. The van der Waals surface area contributed by atoms with Crippen molar-refractivity contribution in [3.63, 3.8) is 0 Å². The summed E-state index contributed by atoms with van der Waals surface area (Å²) in [6.07, 6.45) is 2.88. The highest BCUT2D eigenvalue weighted by molar-refractivity contribution is 5.69. The lowest BCUT2D eigenvalue weighted by molar-refractivity contribution is 0.0111. The minimum atomic E-state index is -0.539. The van der Waals surface area contributed by atoms with E-state index < -0.39 is 5.60 Å². The monoisotopic (exact) mass is 432 g/mol. The van der Waals surface area contributed by atoms with Gasteiger partial charge in [-0.2, -0.15) is 9.97 Å². The van der Waals surface area contributed by atoms with Gasteiger partial charge in [-0.1, -0.05) is 0 Å². The van der Waals surface area contributed by atoms with Gasteiger partial charge in [-0.3, -0.25) is 4.90 Å². The number of likely N-dealkylation sites (tertiary alicyclic amines) is 1. The first-order valence-electron chi connectivity index (χ1n) is 11.5. The van der Waals surface area contributed by atoms with Crippen LogP contribution in [-0.4, -0.2) is 83.9 Å². The maximum Gasteiger partial charge on any atom is 0.410 e. The minimum Gasteiger partial charge on any atom is -0.462 e. The zero-order valence-corrected chi connectivity index (χ0v) is 19.2. The Morgan fingerprint density at radius 1 is 1.19 bits per heavy atom. The van der Waals surface area contributed by atoms with Crippen LogP contribution in [-0.2, 0) is 17.7 Å². The zero-order chi connectivity index (χ0) is 22.0. The summed E-state index contributed by atoms with van der Waals surface area (Å²) in [6.45, 7) is 10.9. The summed E-state index contributed by atoms with van der Waals surface area (Å²) in [5, 5.41) is 6.81. The third-order valence-electron chi connectivity index (χ3n) is 6.21. The van der Waals surface area contributed by atoms with E-state index in [0.29, 0.717) is 38.3 Å². The molecule has 1 aromatic rings. The molecule has 0 spiro atoms. The Hall–Kier alpha value is -1.97. The Kier molecular flexibility index (Phi) is 6.64. The molecular formula is C22H36N6O3. The second-order valence-corrected chi connectivity index (χ2v) is 9.72. The fraction of sp³-hybridized carbons (Fsp3) is 0.773. The van der Waals surface area contributed by atoms with E-state index in [2.05, 4.69) is 22.6 Å². The lowest BCUT2D eigenvalue weighted by atomic mass is 9.98. The molecule has 2 N–H and O–H groups in total. The number of ether oxygens (including phenoxy) is 2. The molecule has 3 aliphatic rings. The molecule has 2 atom stereocenters. The molecule has 0 aliphatic carbocycles. The average molecular weight is 433 g/mol. The molecule has 9 heteroatoms. The van der Waals surface area contributed by atoms with Gasteiger partial charge in [0, 0.05) is 37.8 Å². The summed E-state index contributed by atoms with van der Waals surface area (Å²) >= 11 is 0. The molecule has 1 amide bonds. The molecule has 9 nitrogen and oxygen atoms in total. The number of nitrogens with zero attached hydrogens (tertiary/aromatic N) is 4. The lowest BCUT2D eigenvalue weighted by Gasteiger charge is -2.38. The number of aromatic nitrogens is 2. The summed E-state index contributed by atoms with van der Waals surface area (Å²) in [7, 11) is 2.14. The molecule has 0 radical (unpaired) electrons. The van der Waals surface area contributed by atoms with E-state index in [1.807, 2.05) is 20.8 Å². The van der Waals surface area contributed by atoms with Crippen molar-refractivity contribution in [2.24, 2.45) is 0 Å². The van der Waals surface area contributed by atoms with Crippen LogP contribution < -0.4 is 15.4 Å². The molecule has 31 heavy (non-hydrogen) atoms. The summed E-state index contributed by atoms with van der Waals surface area (Å²) < 4.78 is 11.8. The van der Waals surface area contributed by atoms with Gasteiger partial charge < -0.3 is 25.0 Å². The molecule has 3 aliphatic heterocycles. The van der Waals surface area contributed by atoms with Crippen LogP contribution in [0.5, 0.6) is 6.01 Å². The number of carbonyl (C=O) groups is 1. The minimum absolute atomic E-state index is 0.199. The van der Waals surface area contributed by atoms with Gasteiger partial charge in [0.25, 0.3) is 0 Å². The summed E-state index contributed by atoms with van der Waals surface area (Å²) in [5.41, 5.74) is 2.45. The van der Waals surface area contributed by atoms with Gasteiger partial charge in [0.1, 0.15) is 12.2 Å². The first-order valence-corrected chi connectivity index (χ1v) is 11.5. The van der Waals surface area contributed by atoms with E-state index in [-0.39, 0.29) is 12.1 Å². The summed E-state index contributed by atoms with van der Waals surface area (Å²) in [6, 6.07) is 0.609. The van der Waals surface area contributed by atoms with Crippen LogP contribution in [0.15, 0.2) is 0 Å². The average Bonchev–Trinajstić information content (AvgIpc) is 3.15. The molecular weight excluding hydrogens is 396 g/mol. The van der Waals surface area contributed by atoms with E-state index in [0.717, 1.165) is 49.4 Å². The molecule has 1 aromatic heterocycles. The second kappa shape index (κ2) is 9.26. The Balaban J connectivity index is 1.60. The first-order chi connectivity index (χ1) is 14.8. The van der Waals surface area contributed by atoms with Gasteiger partial charge in [-0.15, -0.1) is 0 Å². The Morgan fingerprint density at radius 2 is 2.03 bits per heavy atom. The quantitative estimate of drug-likeness (QED) is 0.739. The number of amides is 1. The number of hydrogen-bond acceptors (Lipinski definition) is 8. The van der Waals surface area contributed by atoms with Crippen LogP contribution >= 0.6 is 0 Å². The molecule has 0 aromatic carbocycles. The summed E-state index contributed by atoms with van der Waals surface area (Å²) in [4.78, 5) is 26.7. The van der Waals surface area contributed by atoms with Crippen LogP contribution in [0.25, 0.3) is 0 Å². The van der Waals surface area contributed by atoms with Gasteiger partial charge >= 0.3 is 12.1 Å². The van der Waals surface area contributed by atoms with Crippen molar-refractivity contribution in [3.05, 3.63) is 17.0 Å². The van der Waals surface area contributed by atoms with E-state index in [4.69, 9.17) is 19.4 Å². The number of hydrogen-bond donors (Lipinski definition) is 2. The number of piperazine rings is 1.